The van der Waals surface area contributed by atoms with Gasteiger partial charge in [-0.05, 0) is 31.2 Å². The van der Waals surface area contributed by atoms with E-state index in [1.165, 1.54) is 0 Å². The summed E-state index contributed by atoms with van der Waals surface area (Å²) in [5, 5.41) is 2.83. The second kappa shape index (κ2) is 4.56. The van der Waals surface area contributed by atoms with E-state index in [-0.39, 0.29) is 23.0 Å². The number of carbonyl (C=O) groups is 2. The van der Waals surface area contributed by atoms with E-state index < -0.39 is 6.04 Å². The van der Waals surface area contributed by atoms with Gasteiger partial charge in [0, 0.05) is 0 Å². The molecule has 0 unspecified atom stereocenters. The standard InChI is InChI=1S/C14H15NO3S/c1-19-14(6-7-14)13(17)15-10-8-18-11-5-3-2-4-9(11)12(10)16/h2-5,10H,6-8H2,1H3,(H,15,17)/t10-/m1/s1. The first-order valence-corrected chi connectivity index (χ1v) is 7.51. The molecule has 1 amide bonds. The van der Waals surface area contributed by atoms with Gasteiger partial charge in [0.05, 0.1) is 10.3 Å². The lowest BCUT2D eigenvalue weighted by Gasteiger charge is -2.26. The summed E-state index contributed by atoms with van der Waals surface area (Å²) in [6.45, 7) is 0.214. The molecule has 100 valence electrons. The van der Waals surface area contributed by atoms with Crippen LogP contribution in [0.1, 0.15) is 23.2 Å². The van der Waals surface area contributed by atoms with Gasteiger partial charge < -0.3 is 10.1 Å². The molecule has 1 aromatic rings. The third-order valence-corrected chi connectivity index (χ3v) is 5.06. The average Bonchev–Trinajstić information content (AvgIpc) is 3.23. The molecule has 1 saturated carbocycles. The molecule has 1 N–H and O–H groups in total. The van der Waals surface area contributed by atoms with E-state index >= 15 is 0 Å². The monoisotopic (exact) mass is 277 g/mol. The zero-order valence-electron chi connectivity index (χ0n) is 10.6. The van der Waals surface area contributed by atoms with E-state index in [2.05, 4.69) is 5.32 Å². The van der Waals surface area contributed by atoms with E-state index in [4.69, 9.17) is 4.74 Å². The fourth-order valence-corrected chi connectivity index (χ4v) is 3.02. The molecule has 0 aromatic heterocycles. The molecule has 0 saturated heterocycles. The van der Waals surface area contributed by atoms with Crippen molar-refractivity contribution in [3.05, 3.63) is 29.8 Å². The topological polar surface area (TPSA) is 55.4 Å². The van der Waals surface area contributed by atoms with E-state index in [1.807, 2.05) is 12.3 Å². The Morgan fingerprint density at radius 1 is 1.42 bits per heavy atom. The predicted molar refractivity (Wildman–Crippen MR) is 73.7 cm³/mol. The highest BCUT2D eigenvalue weighted by molar-refractivity contribution is 8.01. The van der Waals surface area contributed by atoms with Gasteiger partial charge in [-0.3, -0.25) is 9.59 Å². The number of amides is 1. The van der Waals surface area contributed by atoms with Crippen molar-refractivity contribution in [2.75, 3.05) is 12.9 Å². The van der Waals surface area contributed by atoms with Gasteiger partial charge in [0.25, 0.3) is 0 Å². The Morgan fingerprint density at radius 2 is 2.16 bits per heavy atom. The van der Waals surface area contributed by atoms with Gasteiger partial charge in [0.2, 0.25) is 5.91 Å². The van der Waals surface area contributed by atoms with Crippen LogP contribution in [0.15, 0.2) is 24.3 Å². The molecule has 1 heterocycles. The van der Waals surface area contributed by atoms with Crippen molar-refractivity contribution in [1.29, 1.82) is 0 Å². The Kier molecular flexibility index (Phi) is 3.01. The molecule has 1 aliphatic carbocycles. The summed E-state index contributed by atoms with van der Waals surface area (Å²) < 4.78 is 5.22. The van der Waals surface area contributed by atoms with Crippen LogP contribution in [0.4, 0.5) is 0 Å². The van der Waals surface area contributed by atoms with Crippen molar-refractivity contribution >= 4 is 23.5 Å². The van der Waals surface area contributed by atoms with Gasteiger partial charge >= 0.3 is 0 Å². The predicted octanol–water partition coefficient (Wildman–Crippen LogP) is 1.64. The fraction of sp³-hybridized carbons (Fsp3) is 0.429. The minimum atomic E-state index is -0.563. The SMILES string of the molecule is CSC1(C(=O)N[C@@H]2COc3ccccc3C2=O)CC1. The maximum Gasteiger partial charge on any atom is 0.236 e. The van der Waals surface area contributed by atoms with Crippen LogP contribution in [0, 0.1) is 0 Å². The smallest absolute Gasteiger partial charge is 0.236 e. The number of hydrogen-bond acceptors (Lipinski definition) is 4. The number of para-hydroxylation sites is 1. The van der Waals surface area contributed by atoms with Gasteiger partial charge in [-0.25, -0.2) is 0 Å². The Balaban J connectivity index is 1.74. The summed E-state index contributed by atoms with van der Waals surface area (Å²) in [6, 6.07) is 6.58. The van der Waals surface area contributed by atoms with Crippen LogP contribution in [0.25, 0.3) is 0 Å². The number of fused-ring (bicyclic) bond motifs is 1. The second-order valence-corrected chi connectivity index (χ2v) is 6.09. The van der Waals surface area contributed by atoms with Gasteiger partial charge in [0.1, 0.15) is 18.4 Å². The highest BCUT2D eigenvalue weighted by Gasteiger charge is 2.50. The third-order valence-electron chi connectivity index (χ3n) is 3.69. The maximum absolute atomic E-state index is 12.3. The molecule has 1 aliphatic heterocycles. The Bertz CT molecular complexity index is 539. The van der Waals surface area contributed by atoms with Crippen molar-refractivity contribution in [3.8, 4) is 5.75 Å². The lowest BCUT2D eigenvalue weighted by Crippen LogP contribution is -2.50. The van der Waals surface area contributed by atoms with Gasteiger partial charge in [-0.2, -0.15) is 0 Å². The van der Waals surface area contributed by atoms with Crippen LogP contribution < -0.4 is 10.1 Å². The average molecular weight is 277 g/mol. The van der Waals surface area contributed by atoms with E-state index in [0.717, 1.165) is 12.8 Å². The third kappa shape index (κ3) is 2.12. The van der Waals surface area contributed by atoms with Crippen LogP contribution >= 0.6 is 11.8 Å². The number of ether oxygens (including phenoxy) is 1. The van der Waals surface area contributed by atoms with Crippen molar-refractivity contribution in [3.63, 3.8) is 0 Å². The lowest BCUT2D eigenvalue weighted by molar-refractivity contribution is -0.121. The molecule has 1 atom stereocenters. The fourth-order valence-electron chi connectivity index (χ4n) is 2.27. The first-order valence-electron chi connectivity index (χ1n) is 6.28. The summed E-state index contributed by atoms with van der Waals surface area (Å²) >= 11 is 1.56. The number of rotatable bonds is 3. The summed E-state index contributed by atoms with van der Waals surface area (Å²) in [4.78, 5) is 24.4. The van der Waals surface area contributed by atoms with Gasteiger partial charge in [-0.1, -0.05) is 12.1 Å². The van der Waals surface area contributed by atoms with Crippen LogP contribution in [0.2, 0.25) is 0 Å². The zero-order valence-corrected chi connectivity index (χ0v) is 11.5. The highest BCUT2D eigenvalue weighted by atomic mass is 32.2. The lowest BCUT2D eigenvalue weighted by atomic mass is 10.0. The largest absolute Gasteiger partial charge is 0.490 e. The Labute approximate surface area is 115 Å². The summed E-state index contributed by atoms with van der Waals surface area (Å²) in [5.41, 5.74) is 0.549. The minimum Gasteiger partial charge on any atom is -0.490 e. The Hall–Kier alpha value is -1.49. The highest BCUT2D eigenvalue weighted by Crippen LogP contribution is 2.47. The number of thioether (sulfide) groups is 1. The molecule has 1 aromatic carbocycles. The van der Waals surface area contributed by atoms with E-state index in [9.17, 15) is 9.59 Å². The number of Topliss-reactive ketones (excluding diaryl/α,β-unsaturated/α-hetero) is 1. The molecule has 3 rings (SSSR count). The maximum atomic E-state index is 12.3. The van der Waals surface area contributed by atoms with Gasteiger partial charge in [0.15, 0.2) is 5.78 Å². The van der Waals surface area contributed by atoms with Crippen LogP contribution in [-0.4, -0.2) is 35.3 Å². The second-order valence-electron chi connectivity index (χ2n) is 4.90. The van der Waals surface area contributed by atoms with Crippen molar-refractivity contribution < 1.29 is 14.3 Å². The normalized spacial score (nSPS) is 23.2. The summed E-state index contributed by atoms with van der Waals surface area (Å²) in [6.07, 6.45) is 3.71. The number of ketones is 1. The molecule has 0 radical (unpaired) electrons. The molecule has 0 bridgehead atoms. The molecule has 5 heteroatoms. The number of nitrogens with one attached hydrogen (secondary N) is 1. The molecular weight excluding hydrogens is 262 g/mol. The quantitative estimate of drug-likeness (QED) is 0.912. The van der Waals surface area contributed by atoms with Crippen LogP contribution in [-0.2, 0) is 4.79 Å². The van der Waals surface area contributed by atoms with Crippen molar-refractivity contribution in [1.82, 2.24) is 5.32 Å². The van der Waals surface area contributed by atoms with Crippen LogP contribution in [0.5, 0.6) is 5.75 Å². The van der Waals surface area contributed by atoms with Crippen molar-refractivity contribution in [2.45, 2.75) is 23.6 Å². The number of carbonyl (C=O) groups excluding carboxylic acids is 2. The molecule has 19 heavy (non-hydrogen) atoms. The minimum absolute atomic E-state index is 0.0404. The Morgan fingerprint density at radius 3 is 2.84 bits per heavy atom. The van der Waals surface area contributed by atoms with Crippen LogP contribution in [0.3, 0.4) is 0 Å². The molecule has 0 spiro atoms. The molecule has 4 nitrogen and oxygen atoms in total. The first-order chi connectivity index (χ1) is 9.16. The molecule has 1 fully saturated rings. The van der Waals surface area contributed by atoms with E-state index in [1.54, 1.807) is 30.0 Å². The van der Waals surface area contributed by atoms with Crippen molar-refractivity contribution in [2.24, 2.45) is 0 Å². The first kappa shape index (κ1) is 12.5. The molecule has 2 aliphatic rings. The number of hydrogen-bond donors (Lipinski definition) is 1. The zero-order chi connectivity index (χ0) is 13.5. The molecular formula is C14H15NO3S. The van der Waals surface area contributed by atoms with Gasteiger partial charge in [-0.15, -0.1) is 11.8 Å². The van der Waals surface area contributed by atoms with E-state index in [0.29, 0.717) is 11.3 Å². The summed E-state index contributed by atoms with van der Waals surface area (Å²) in [5.74, 6) is 0.498. The summed E-state index contributed by atoms with van der Waals surface area (Å²) in [7, 11) is 0. The number of benzene rings is 1.